The molecule has 2 heterocycles. The highest BCUT2D eigenvalue weighted by Gasteiger charge is 2.25. The van der Waals surface area contributed by atoms with E-state index in [0.717, 1.165) is 0 Å². The Bertz CT molecular complexity index is 603. The van der Waals surface area contributed by atoms with Crippen LogP contribution in [0.1, 0.15) is 36.3 Å². The van der Waals surface area contributed by atoms with Gasteiger partial charge in [0.1, 0.15) is 6.33 Å². The molecule has 1 amide bonds. The van der Waals surface area contributed by atoms with Crippen LogP contribution in [0.2, 0.25) is 0 Å². The normalized spacial score (nSPS) is 14.3. The van der Waals surface area contributed by atoms with Crippen LogP contribution in [0.25, 0.3) is 5.78 Å². The van der Waals surface area contributed by atoms with Gasteiger partial charge in [0.25, 0.3) is 11.7 Å². The number of aryl methyl sites for hydroxylation is 1. The van der Waals surface area contributed by atoms with Crippen molar-refractivity contribution in [3.05, 3.63) is 23.8 Å². The molecule has 0 saturated carbocycles. The smallest absolute Gasteiger partial charge is 0.255 e. The molecule has 2 N–H and O–H groups in total. The second-order valence-electron chi connectivity index (χ2n) is 4.76. The topological polar surface area (TPSA) is 92.4 Å². The van der Waals surface area contributed by atoms with E-state index in [1.807, 2.05) is 6.92 Å². The third kappa shape index (κ3) is 2.41. The maximum atomic E-state index is 12.2. The summed E-state index contributed by atoms with van der Waals surface area (Å²) in [6.07, 6.45) is 3.50. The minimum Gasteiger partial charge on any atom is -0.394 e. The van der Waals surface area contributed by atoms with Crippen molar-refractivity contribution in [3.8, 4) is 0 Å². The predicted molar refractivity (Wildman–Crippen MR) is 68.8 cm³/mol. The highest BCUT2D eigenvalue weighted by molar-refractivity contribution is 5.95. The summed E-state index contributed by atoms with van der Waals surface area (Å²) < 4.78 is 1.51. The average Bonchev–Trinajstić information content (AvgIpc) is 2.88. The zero-order valence-electron chi connectivity index (χ0n) is 11.2. The molecule has 2 aromatic rings. The van der Waals surface area contributed by atoms with E-state index in [9.17, 15) is 9.90 Å². The molecule has 0 spiro atoms. The van der Waals surface area contributed by atoms with E-state index in [-0.39, 0.29) is 12.5 Å². The van der Waals surface area contributed by atoms with Gasteiger partial charge in [-0.2, -0.15) is 10.1 Å². The number of nitrogens with one attached hydrogen (secondary N) is 1. The predicted octanol–water partition coefficient (Wildman–Crippen LogP) is 0.324. The number of fused-ring (bicyclic) bond motifs is 1. The van der Waals surface area contributed by atoms with E-state index >= 15 is 0 Å². The summed E-state index contributed by atoms with van der Waals surface area (Å²) in [6.45, 7) is 5.36. The molecule has 0 aliphatic rings. The summed E-state index contributed by atoms with van der Waals surface area (Å²) >= 11 is 0. The fourth-order valence-corrected chi connectivity index (χ4v) is 1.69. The van der Waals surface area contributed by atoms with Gasteiger partial charge in [-0.05, 0) is 20.3 Å². The maximum absolute atomic E-state index is 12.2. The third-order valence-electron chi connectivity index (χ3n) is 3.34. The van der Waals surface area contributed by atoms with Gasteiger partial charge < -0.3 is 10.4 Å². The standard InChI is InChI=1S/C12H17N5O2/c1-4-12(3,6-18)16-10(19)9-5-13-11-14-7-15-17(11)8(9)2/h5,7,18H,4,6H2,1-3H3,(H,16,19). The number of amides is 1. The fraction of sp³-hybridized carbons (Fsp3) is 0.500. The second kappa shape index (κ2) is 4.93. The van der Waals surface area contributed by atoms with Gasteiger partial charge in [-0.1, -0.05) is 6.92 Å². The Kier molecular flexibility index (Phi) is 3.48. The van der Waals surface area contributed by atoms with Crippen molar-refractivity contribution in [2.45, 2.75) is 32.7 Å². The van der Waals surface area contributed by atoms with Crippen LogP contribution in [-0.4, -0.2) is 42.7 Å². The molecule has 1 unspecified atom stereocenters. The first kappa shape index (κ1) is 13.4. The maximum Gasteiger partial charge on any atom is 0.255 e. The number of aromatic nitrogens is 4. The molecular weight excluding hydrogens is 246 g/mol. The van der Waals surface area contributed by atoms with Gasteiger partial charge in [0.05, 0.1) is 23.4 Å². The molecule has 0 fully saturated rings. The average molecular weight is 263 g/mol. The molecule has 0 aliphatic heterocycles. The molecule has 2 aromatic heterocycles. The van der Waals surface area contributed by atoms with Crippen molar-refractivity contribution < 1.29 is 9.90 Å². The molecule has 0 aromatic carbocycles. The Labute approximate surface area is 110 Å². The zero-order valence-corrected chi connectivity index (χ0v) is 11.2. The van der Waals surface area contributed by atoms with Gasteiger partial charge in [0.15, 0.2) is 0 Å². The minimum atomic E-state index is -0.638. The lowest BCUT2D eigenvalue weighted by atomic mass is 9.99. The highest BCUT2D eigenvalue weighted by Crippen LogP contribution is 2.12. The van der Waals surface area contributed by atoms with Crippen LogP contribution in [-0.2, 0) is 0 Å². The van der Waals surface area contributed by atoms with E-state index in [4.69, 9.17) is 0 Å². The van der Waals surface area contributed by atoms with Crippen LogP contribution in [0.5, 0.6) is 0 Å². The molecule has 0 radical (unpaired) electrons. The monoisotopic (exact) mass is 263 g/mol. The molecule has 19 heavy (non-hydrogen) atoms. The Morgan fingerprint density at radius 3 is 2.89 bits per heavy atom. The Morgan fingerprint density at radius 2 is 2.26 bits per heavy atom. The van der Waals surface area contributed by atoms with Crippen molar-refractivity contribution in [2.24, 2.45) is 0 Å². The van der Waals surface area contributed by atoms with E-state index in [0.29, 0.717) is 23.5 Å². The molecule has 7 nitrogen and oxygen atoms in total. The highest BCUT2D eigenvalue weighted by atomic mass is 16.3. The second-order valence-corrected chi connectivity index (χ2v) is 4.76. The molecule has 7 heteroatoms. The van der Waals surface area contributed by atoms with Gasteiger partial charge in [-0.3, -0.25) is 4.79 Å². The lowest BCUT2D eigenvalue weighted by Gasteiger charge is -2.27. The molecule has 1 atom stereocenters. The van der Waals surface area contributed by atoms with Crippen LogP contribution in [0.3, 0.4) is 0 Å². The van der Waals surface area contributed by atoms with Crippen LogP contribution in [0.4, 0.5) is 0 Å². The number of hydrogen-bond acceptors (Lipinski definition) is 5. The molecular formula is C12H17N5O2. The summed E-state index contributed by atoms with van der Waals surface area (Å²) in [5.74, 6) is 0.176. The number of aliphatic hydroxyl groups is 1. The summed E-state index contributed by atoms with van der Waals surface area (Å²) in [6, 6.07) is 0. The van der Waals surface area contributed by atoms with E-state index < -0.39 is 5.54 Å². The minimum absolute atomic E-state index is 0.118. The van der Waals surface area contributed by atoms with Crippen LogP contribution < -0.4 is 5.32 Å². The summed E-state index contributed by atoms with van der Waals surface area (Å²) in [5.41, 5.74) is 0.448. The molecule has 2 rings (SSSR count). The van der Waals surface area contributed by atoms with Crippen molar-refractivity contribution in [1.82, 2.24) is 24.9 Å². The quantitative estimate of drug-likeness (QED) is 0.829. The first-order valence-corrected chi connectivity index (χ1v) is 6.09. The summed E-state index contributed by atoms with van der Waals surface area (Å²) in [4.78, 5) is 20.3. The Hall–Kier alpha value is -2.02. The van der Waals surface area contributed by atoms with Gasteiger partial charge in [-0.25, -0.2) is 9.50 Å². The SMILES string of the molecule is CCC(C)(CO)NC(=O)c1cnc2ncnn2c1C. The van der Waals surface area contributed by atoms with Crippen molar-refractivity contribution >= 4 is 11.7 Å². The number of carbonyl (C=O) groups excluding carboxylic acids is 1. The lowest BCUT2D eigenvalue weighted by Crippen LogP contribution is -2.48. The molecule has 0 aliphatic carbocycles. The third-order valence-corrected chi connectivity index (χ3v) is 3.34. The number of hydrogen-bond donors (Lipinski definition) is 2. The number of aliphatic hydroxyl groups excluding tert-OH is 1. The Morgan fingerprint density at radius 1 is 1.53 bits per heavy atom. The molecule has 0 bridgehead atoms. The summed E-state index contributed by atoms with van der Waals surface area (Å²) in [7, 11) is 0. The van der Waals surface area contributed by atoms with Crippen LogP contribution in [0.15, 0.2) is 12.5 Å². The van der Waals surface area contributed by atoms with Gasteiger partial charge in [0, 0.05) is 6.20 Å². The Balaban J connectivity index is 2.34. The van der Waals surface area contributed by atoms with Crippen molar-refractivity contribution in [1.29, 1.82) is 0 Å². The first-order chi connectivity index (χ1) is 9.00. The summed E-state index contributed by atoms with van der Waals surface area (Å²) in [5, 5.41) is 16.2. The van der Waals surface area contributed by atoms with Crippen LogP contribution in [0, 0.1) is 6.92 Å². The zero-order chi connectivity index (χ0) is 14.0. The number of nitrogens with zero attached hydrogens (tertiary/aromatic N) is 4. The van der Waals surface area contributed by atoms with Gasteiger partial charge in [-0.15, -0.1) is 0 Å². The number of rotatable bonds is 4. The molecule has 102 valence electrons. The largest absolute Gasteiger partial charge is 0.394 e. The van der Waals surface area contributed by atoms with E-state index in [1.165, 1.54) is 17.0 Å². The van der Waals surface area contributed by atoms with Gasteiger partial charge in [0.2, 0.25) is 0 Å². The first-order valence-electron chi connectivity index (χ1n) is 6.09. The van der Waals surface area contributed by atoms with Gasteiger partial charge >= 0.3 is 0 Å². The number of carbonyl (C=O) groups is 1. The van der Waals surface area contributed by atoms with Crippen molar-refractivity contribution in [2.75, 3.05) is 6.61 Å². The molecule has 0 saturated heterocycles. The lowest BCUT2D eigenvalue weighted by molar-refractivity contribution is 0.0845. The van der Waals surface area contributed by atoms with E-state index in [1.54, 1.807) is 13.8 Å². The fourth-order valence-electron chi connectivity index (χ4n) is 1.69. The van der Waals surface area contributed by atoms with E-state index in [2.05, 4.69) is 20.4 Å². The van der Waals surface area contributed by atoms with Crippen LogP contribution >= 0.6 is 0 Å². The van der Waals surface area contributed by atoms with Crippen molar-refractivity contribution in [3.63, 3.8) is 0 Å².